The number of hydrogen-bond acceptors (Lipinski definition) is 3. The van der Waals surface area contributed by atoms with Gasteiger partial charge >= 0.3 is 6.18 Å². The highest BCUT2D eigenvalue weighted by Gasteiger charge is 2.39. The van der Waals surface area contributed by atoms with Crippen LogP contribution < -0.4 is 5.56 Å². The number of carbonyl (C=O) groups excluding carboxylic acids is 1. The van der Waals surface area contributed by atoms with Gasteiger partial charge in [0.1, 0.15) is 0 Å². The summed E-state index contributed by atoms with van der Waals surface area (Å²) in [5.74, 6) is -0.473. The smallest absolute Gasteiger partial charge is 0.334 e. The number of aromatic amines is 1. The maximum absolute atomic E-state index is 12.8. The molecule has 0 saturated carbocycles. The first-order valence-electron chi connectivity index (χ1n) is 5.43. The average molecular weight is 273 g/mol. The Hall–Kier alpha value is -2.12. The predicted molar refractivity (Wildman–Crippen MR) is 59.2 cm³/mol. The Morgan fingerprint density at radius 3 is 2.68 bits per heavy atom. The molecule has 0 aromatic carbocycles. The Labute approximate surface area is 105 Å². The lowest BCUT2D eigenvalue weighted by atomic mass is 9.99. The van der Waals surface area contributed by atoms with Crippen LogP contribution >= 0.6 is 0 Å². The number of nitrogens with zero attached hydrogens (tertiary/aromatic N) is 2. The number of hydrogen-bond donors (Lipinski definition) is 1. The largest absolute Gasteiger partial charge is 0.435 e. The van der Waals surface area contributed by atoms with Crippen LogP contribution in [-0.2, 0) is 23.9 Å². The van der Waals surface area contributed by atoms with Crippen molar-refractivity contribution in [3.05, 3.63) is 39.8 Å². The van der Waals surface area contributed by atoms with Crippen LogP contribution in [0.1, 0.15) is 16.8 Å². The van der Waals surface area contributed by atoms with Gasteiger partial charge in [-0.25, -0.2) is 5.10 Å². The minimum absolute atomic E-state index is 0.0374. The average Bonchev–Trinajstić information content (AvgIpc) is 2.36. The van der Waals surface area contributed by atoms with Gasteiger partial charge in [0.25, 0.3) is 5.56 Å². The van der Waals surface area contributed by atoms with Gasteiger partial charge in [-0.2, -0.15) is 18.3 Å². The van der Waals surface area contributed by atoms with Crippen LogP contribution in [0.15, 0.2) is 17.4 Å². The fourth-order valence-corrected chi connectivity index (χ4v) is 2.02. The van der Waals surface area contributed by atoms with Gasteiger partial charge in [0.2, 0.25) is 5.91 Å². The van der Waals surface area contributed by atoms with Crippen molar-refractivity contribution in [1.82, 2.24) is 15.1 Å². The number of amides is 1. The molecular formula is C11H10F3N3O2. The summed E-state index contributed by atoms with van der Waals surface area (Å²) in [6.45, 7) is 3.18. The summed E-state index contributed by atoms with van der Waals surface area (Å²) in [6.07, 6.45) is -3.58. The number of halogens is 3. The van der Waals surface area contributed by atoms with E-state index in [9.17, 15) is 22.8 Å². The number of aromatic nitrogens is 2. The fourth-order valence-electron chi connectivity index (χ4n) is 2.02. The molecule has 5 nitrogen and oxygen atoms in total. The van der Waals surface area contributed by atoms with Gasteiger partial charge in [-0.15, -0.1) is 0 Å². The van der Waals surface area contributed by atoms with Crippen molar-refractivity contribution in [2.24, 2.45) is 0 Å². The Morgan fingerprint density at radius 1 is 1.42 bits per heavy atom. The van der Waals surface area contributed by atoms with Gasteiger partial charge < -0.3 is 4.90 Å². The van der Waals surface area contributed by atoms with E-state index in [1.807, 2.05) is 5.10 Å². The van der Waals surface area contributed by atoms with Crippen LogP contribution in [0.25, 0.3) is 0 Å². The standard InChI is InChI=1S/C11H10F3N3O2/c1-2-8(18)17-4-3-6-7(5-17)9(11(12,13)14)15-16-10(6)19/h2H,1,3-5H2,(H,16,19). The molecule has 2 heterocycles. The fraction of sp³-hybridized carbons (Fsp3) is 0.364. The molecule has 0 radical (unpaired) electrons. The van der Waals surface area contributed by atoms with Gasteiger partial charge in [0.05, 0.1) is 0 Å². The molecule has 0 bridgehead atoms. The first kappa shape index (κ1) is 13.3. The SMILES string of the molecule is C=CC(=O)N1CCc2c(c(C(F)(F)F)n[nH]c2=O)C1. The van der Waals surface area contributed by atoms with Crippen LogP contribution in [0.4, 0.5) is 13.2 Å². The van der Waals surface area contributed by atoms with Crippen LogP contribution in [0.3, 0.4) is 0 Å². The Morgan fingerprint density at radius 2 is 2.11 bits per heavy atom. The lowest BCUT2D eigenvalue weighted by Crippen LogP contribution is -2.39. The number of H-pyrrole nitrogens is 1. The number of nitrogens with one attached hydrogen (secondary N) is 1. The molecule has 0 fully saturated rings. The van der Waals surface area contributed by atoms with E-state index in [2.05, 4.69) is 11.7 Å². The van der Waals surface area contributed by atoms with E-state index >= 15 is 0 Å². The van der Waals surface area contributed by atoms with Crippen molar-refractivity contribution in [3.8, 4) is 0 Å². The first-order chi connectivity index (χ1) is 8.84. The Bertz CT molecular complexity index is 592. The number of fused-ring (bicyclic) bond motifs is 1. The van der Waals surface area contributed by atoms with E-state index in [0.29, 0.717) is 0 Å². The van der Waals surface area contributed by atoms with Gasteiger partial charge in [-0.1, -0.05) is 6.58 Å². The van der Waals surface area contributed by atoms with Crippen LogP contribution in [0.5, 0.6) is 0 Å². The maximum atomic E-state index is 12.8. The summed E-state index contributed by atoms with van der Waals surface area (Å²) in [5, 5.41) is 4.90. The molecule has 1 amide bonds. The van der Waals surface area contributed by atoms with E-state index in [-0.39, 0.29) is 30.6 Å². The van der Waals surface area contributed by atoms with Crippen molar-refractivity contribution in [1.29, 1.82) is 0 Å². The molecule has 0 unspecified atom stereocenters. The normalized spacial score (nSPS) is 15.0. The summed E-state index contributed by atoms with van der Waals surface area (Å²) in [5.41, 5.74) is -1.99. The van der Waals surface area contributed by atoms with Gasteiger partial charge in [-0.05, 0) is 12.5 Å². The van der Waals surface area contributed by atoms with E-state index in [0.717, 1.165) is 6.08 Å². The van der Waals surface area contributed by atoms with Crippen molar-refractivity contribution >= 4 is 5.91 Å². The maximum Gasteiger partial charge on any atom is 0.435 e. The van der Waals surface area contributed by atoms with Crippen molar-refractivity contribution < 1.29 is 18.0 Å². The molecule has 1 N–H and O–H groups in total. The third kappa shape index (κ3) is 2.38. The lowest BCUT2D eigenvalue weighted by Gasteiger charge is -2.28. The zero-order chi connectivity index (χ0) is 14.2. The molecule has 0 atom stereocenters. The third-order valence-electron chi connectivity index (χ3n) is 2.93. The molecule has 8 heteroatoms. The van der Waals surface area contributed by atoms with E-state index in [1.54, 1.807) is 0 Å². The summed E-state index contributed by atoms with van der Waals surface area (Å²) in [4.78, 5) is 24.1. The first-order valence-corrected chi connectivity index (χ1v) is 5.43. The lowest BCUT2D eigenvalue weighted by molar-refractivity contribution is -0.143. The summed E-state index contributed by atoms with van der Waals surface area (Å²) < 4.78 is 38.4. The minimum Gasteiger partial charge on any atom is -0.334 e. The molecule has 0 saturated heterocycles. The summed E-state index contributed by atoms with van der Waals surface area (Å²) in [6, 6.07) is 0. The molecule has 1 aromatic heterocycles. The Balaban J connectivity index is 2.52. The topological polar surface area (TPSA) is 66.1 Å². The van der Waals surface area contributed by atoms with Crippen molar-refractivity contribution in [3.63, 3.8) is 0 Å². The molecule has 0 aliphatic carbocycles. The van der Waals surface area contributed by atoms with Crippen LogP contribution in [-0.4, -0.2) is 27.5 Å². The number of rotatable bonds is 1. The number of carbonyl (C=O) groups is 1. The second-order valence-corrected chi connectivity index (χ2v) is 4.07. The van der Waals surface area contributed by atoms with Crippen LogP contribution in [0.2, 0.25) is 0 Å². The van der Waals surface area contributed by atoms with E-state index in [4.69, 9.17) is 0 Å². The quantitative estimate of drug-likeness (QED) is 0.772. The highest BCUT2D eigenvalue weighted by molar-refractivity contribution is 5.87. The second-order valence-electron chi connectivity index (χ2n) is 4.07. The highest BCUT2D eigenvalue weighted by Crippen LogP contribution is 2.32. The molecule has 2 rings (SSSR count). The van der Waals surface area contributed by atoms with Gasteiger partial charge in [0, 0.05) is 24.2 Å². The molecule has 1 aliphatic rings. The minimum atomic E-state index is -4.67. The van der Waals surface area contributed by atoms with E-state index in [1.165, 1.54) is 4.90 Å². The zero-order valence-electron chi connectivity index (χ0n) is 9.75. The zero-order valence-corrected chi connectivity index (χ0v) is 9.75. The summed E-state index contributed by atoms with van der Waals surface area (Å²) >= 11 is 0. The third-order valence-corrected chi connectivity index (χ3v) is 2.93. The molecule has 1 aromatic rings. The summed E-state index contributed by atoms with van der Waals surface area (Å²) in [7, 11) is 0. The molecular weight excluding hydrogens is 263 g/mol. The second kappa shape index (κ2) is 4.52. The molecule has 19 heavy (non-hydrogen) atoms. The highest BCUT2D eigenvalue weighted by atomic mass is 19.4. The molecule has 0 spiro atoms. The molecule has 1 aliphatic heterocycles. The predicted octanol–water partition coefficient (Wildman–Crippen LogP) is 0.859. The molecule has 102 valence electrons. The van der Waals surface area contributed by atoms with E-state index < -0.39 is 23.3 Å². The van der Waals surface area contributed by atoms with Crippen molar-refractivity contribution in [2.75, 3.05) is 6.54 Å². The van der Waals surface area contributed by atoms with Gasteiger partial charge in [-0.3, -0.25) is 9.59 Å². The van der Waals surface area contributed by atoms with Crippen LogP contribution in [0, 0.1) is 0 Å². The monoisotopic (exact) mass is 273 g/mol. The number of alkyl halides is 3. The van der Waals surface area contributed by atoms with Crippen molar-refractivity contribution in [2.45, 2.75) is 19.1 Å². The van der Waals surface area contributed by atoms with Gasteiger partial charge in [0.15, 0.2) is 5.69 Å². The Kier molecular flexibility index (Phi) is 3.17.